The number of ether oxygens (including phenoxy) is 1. The molecule has 1 aromatic heterocycles. The Morgan fingerprint density at radius 2 is 1.76 bits per heavy atom. The number of non-ortho nitro benzene ring substituents is 1. The van der Waals surface area contributed by atoms with Crippen molar-refractivity contribution in [3.63, 3.8) is 0 Å². The normalized spacial score (nSPS) is 10.5. The van der Waals surface area contributed by atoms with Crippen molar-refractivity contribution in [3.8, 4) is 5.75 Å². The van der Waals surface area contributed by atoms with E-state index in [9.17, 15) is 24.5 Å². The quantitative estimate of drug-likeness (QED) is 0.188. The molecule has 0 radical (unpaired) electrons. The minimum atomic E-state index is -1.02. The highest BCUT2D eigenvalue weighted by Gasteiger charge is 2.13. The van der Waals surface area contributed by atoms with Gasteiger partial charge in [0.2, 0.25) is 0 Å². The van der Waals surface area contributed by atoms with Crippen molar-refractivity contribution < 1.29 is 28.5 Å². The van der Waals surface area contributed by atoms with Gasteiger partial charge in [-0.15, -0.1) is 0 Å². The predicted molar refractivity (Wildman–Crippen MR) is 120 cm³/mol. The van der Waals surface area contributed by atoms with E-state index in [1.807, 2.05) is 0 Å². The molecule has 1 heterocycles. The highest BCUT2D eigenvalue weighted by atomic mass is 16.6. The average molecular weight is 465 g/mol. The van der Waals surface area contributed by atoms with Gasteiger partial charge in [-0.3, -0.25) is 24.5 Å². The van der Waals surface area contributed by atoms with Gasteiger partial charge >= 0.3 is 11.8 Å². The lowest BCUT2D eigenvalue weighted by atomic mass is 10.2. The molecule has 0 fully saturated rings. The molecule has 3 aromatic rings. The van der Waals surface area contributed by atoms with Crippen molar-refractivity contribution >= 4 is 35.3 Å². The fourth-order valence-electron chi connectivity index (χ4n) is 2.52. The first-order valence-corrected chi connectivity index (χ1v) is 9.81. The molecule has 0 unspecified atom stereocenters. The number of nitro benzene ring substituents is 1. The second-order valence-electron chi connectivity index (χ2n) is 6.67. The second-order valence-corrected chi connectivity index (χ2v) is 6.67. The summed E-state index contributed by atoms with van der Waals surface area (Å²) >= 11 is 0. The maximum atomic E-state index is 11.9. The number of nitrogens with zero attached hydrogens (tertiary/aromatic N) is 2. The molecule has 34 heavy (non-hydrogen) atoms. The minimum absolute atomic E-state index is 0.142. The van der Waals surface area contributed by atoms with Crippen LogP contribution in [0.1, 0.15) is 11.3 Å². The molecule has 12 nitrogen and oxygen atoms in total. The van der Waals surface area contributed by atoms with Crippen molar-refractivity contribution in [2.24, 2.45) is 5.10 Å². The van der Waals surface area contributed by atoms with E-state index in [1.54, 1.807) is 36.4 Å². The zero-order chi connectivity index (χ0) is 24.3. The van der Waals surface area contributed by atoms with E-state index >= 15 is 0 Å². The fraction of sp³-hybridized carbons (Fsp3) is 0.0909. The Bertz CT molecular complexity index is 1170. The Morgan fingerprint density at radius 3 is 2.41 bits per heavy atom. The summed E-state index contributed by atoms with van der Waals surface area (Å²) in [6.45, 7) is 0.0935. The van der Waals surface area contributed by atoms with Gasteiger partial charge in [-0.25, -0.2) is 5.43 Å². The number of hydrogen-bond donors (Lipinski definition) is 3. The third-order valence-corrected chi connectivity index (χ3v) is 4.21. The van der Waals surface area contributed by atoms with Crippen LogP contribution in [0.2, 0.25) is 0 Å². The Balaban J connectivity index is 1.40. The molecule has 0 saturated heterocycles. The van der Waals surface area contributed by atoms with Crippen molar-refractivity contribution in [2.75, 3.05) is 11.9 Å². The molecule has 0 bridgehead atoms. The van der Waals surface area contributed by atoms with E-state index in [0.717, 1.165) is 0 Å². The average Bonchev–Trinajstić information content (AvgIpc) is 3.36. The van der Waals surface area contributed by atoms with Gasteiger partial charge in [0.25, 0.3) is 11.6 Å². The number of benzene rings is 2. The topological polar surface area (TPSA) is 165 Å². The third-order valence-electron chi connectivity index (χ3n) is 4.21. The van der Waals surface area contributed by atoms with Crippen LogP contribution in [0.15, 0.2) is 76.4 Å². The standard InChI is InChI=1S/C22H19N5O7/c28-20(23-13-19-2-1-11-33-19)14-34-18-9-3-15(4-10-18)12-24-26-22(30)21(29)25-16-5-7-17(8-6-16)27(31)32/h1-12H,13-14H2,(H,23,28)(H,25,29)(H,26,30)/b24-12-. The van der Waals surface area contributed by atoms with Gasteiger partial charge in [-0.1, -0.05) is 0 Å². The molecule has 0 atom stereocenters. The first-order valence-electron chi connectivity index (χ1n) is 9.81. The maximum Gasteiger partial charge on any atom is 0.329 e. The molecule has 3 N–H and O–H groups in total. The zero-order valence-electron chi connectivity index (χ0n) is 17.6. The van der Waals surface area contributed by atoms with Gasteiger partial charge in [-0.2, -0.15) is 5.10 Å². The second kappa shape index (κ2) is 11.6. The Kier molecular flexibility index (Phi) is 8.05. The summed E-state index contributed by atoms with van der Waals surface area (Å²) in [6.07, 6.45) is 2.84. The summed E-state index contributed by atoms with van der Waals surface area (Å²) in [4.78, 5) is 45.6. The Morgan fingerprint density at radius 1 is 1.03 bits per heavy atom. The molecule has 0 saturated carbocycles. The van der Waals surface area contributed by atoms with Gasteiger partial charge in [0.15, 0.2) is 6.61 Å². The summed E-state index contributed by atoms with van der Waals surface area (Å²) in [7, 11) is 0. The molecule has 174 valence electrons. The van der Waals surface area contributed by atoms with Gasteiger partial charge < -0.3 is 19.8 Å². The number of hydrogen-bond acceptors (Lipinski definition) is 8. The van der Waals surface area contributed by atoms with Crippen LogP contribution in [0.3, 0.4) is 0 Å². The first-order chi connectivity index (χ1) is 16.4. The summed E-state index contributed by atoms with van der Waals surface area (Å²) in [6, 6.07) is 15.0. The van der Waals surface area contributed by atoms with Crippen molar-refractivity contribution in [2.45, 2.75) is 6.54 Å². The number of rotatable bonds is 9. The molecule has 2 aromatic carbocycles. The van der Waals surface area contributed by atoms with Crippen LogP contribution in [-0.2, 0) is 20.9 Å². The van der Waals surface area contributed by atoms with E-state index in [4.69, 9.17) is 9.15 Å². The van der Waals surface area contributed by atoms with E-state index < -0.39 is 16.7 Å². The number of nitro groups is 1. The zero-order valence-corrected chi connectivity index (χ0v) is 17.6. The highest BCUT2D eigenvalue weighted by Crippen LogP contribution is 2.15. The van der Waals surface area contributed by atoms with Crippen molar-refractivity contribution in [1.29, 1.82) is 0 Å². The summed E-state index contributed by atoms with van der Waals surface area (Å²) in [5, 5.41) is 19.3. The van der Waals surface area contributed by atoms with Crippen LogP contribution < -0.4 is 20.8 Å². The van der Waals surface area contributed by atoms with Crippen LogP contribution in [-0.4, -0.2) is 35.5 Å². The number of anilines is 1. The minimum Gasteiger partial charge on any atom is -0.484 e. The Hall–Kier alpha value is -5.00. The van der Waals surface area contributed by atoms with Gasteiger partial charge in [0, 0.05) is 17.8 Å². The molecular formula is C22H19N5O7. The lowest BCUT2D eigenvalue weighted by Crippen LogP contribution is -2.32. The van der Waals surface area contributed by atoms with Gasteiger partial charge in [0.05, 0.1) is 23.9 Å². The maximum absolute atomic E-state index is 11.9. The monoisotopic (exact) mass is 465 g/mol. The number of carbonyl (C=O) groups excluding carboxylic acids is 3. The van der Waals surface area contributed by atoms with Crippen LogP contribution in [0, 0.1) is 10.1 Å². The van der Waals surface area contributed by atoms with Crippen LogP contribution in [0.5, 0.6) is 5.75 Å². The predicted octanol–water partition coefficient (Wildman–Crippen LogP) is 1.97. The molecule has 0 aliphatic rings. The van der Waals surface area contributed by atoms with Crippen molar-refractivity contribution in [3.05, 3.63) is 88.4 Å². The van der Waals surface area contributed by atoms with E-state index in [0.29, 0.717) is 17.1 Å². The van der Waals surface area contributed by atoms with Gasteiger partial charge in [0.1, 0.15) is 11.5 Å². The van der Waals surface area contributed by atoms with E-state index in [1.165, 1.54) is 36.7 Å². The number of hydrazone groups is 1. The fourth-order valence-corrected chi connectivity index (χ4v) is 2.52. The number of nitrogens with one attached hydrogen (secondary N) is 3. The summed E-state index contributed by atoms with van der Waals surface area (Å²) in [5.74, 6) is -1.23. The van der Waals surface area contributed by atoms with Crippen molar-refractivity contribution in [1.82, 2.24) is 10.7 Å². The first kappa shape index (κ1) is 23.7. The largest absolute Gasteiger partial charge is 0.484 e. The molecule has 0 aliphatic heterocycles. The molecule has 3 rings (SSSR count). The number of carbonyl (C=O) groups is 3. The lowest BCUT2D eigenvalue weighted by molar-refractivity contribution is -0.384. The summed E-state index contributed by atoms with van der Waals surface area (Å²) < 4.78 is 10.5. The number of amides is 3. The highest BCUT2D eigenvalue weighted by molar-refractivity contribution is 6.39. The van der Waals surface area contributed by atoms with E-state index in [2.05, 4.69) is 21.2 Å². The molecule has 0 spiro atoms. The molecule has 3 amide bonds. The van der Waals surface area contributed by atoms with Gasteiger partial charge in [-0.05, 0) is 54.1 Å². The molecule has 12 heteroatoms. The van der Waals surface area contributed by atoms with E-state index in [-0.39, 0.29) is 30.4 Å². The summed E-state index contributed by atoms with van der Waals surface area (Å²) in [5.41, 5.74) is 2.76. The van der Waals surface area contributed by atoms with Crippen LogP contribution in [0.4, 0.5) is 11.4 Å². The molecule has 0 aliphatic carbocycles. The lowest BCUT2D eigenvalue weighted by Gasteiger charge is -2.07. The number of furan rings is 1. The Labute approximate surface area is 192 Å². The smallest absolute Gasteiger partial charge is 0.329 e. The SMILES string of the molecule is O=C(COc1ccc(/C=N\NC(=O)C(=O)Nc2ccc([N+](=O)[O-])cc2)cc1)NCc1ccco1. The third kappa shape index (κ3) is 7.30. The van der Waals surface area contributed by atoms with Crippen LogP contribution >= 0.6 is 0 Å². The molecular weight excluding hydrogens is 446 g/mol. The van der Waals surface area contributed by atoms with Crippen LogP contribution in [0.25, 0.3) is 0 Å².